The molecule has 0 radical (unpaired) electrons. The van der Waals surface area contributed by atoms with E-state index in [0.717, 1.165) is 22.4 Å². The Morgan fingerprint density at radius 1 is 1.11 bits per heavy atom. The van der Waals surface area contributed by atoms with Crippen molar-refractivity contribution in [3.05, 3.63) is 47.2 Å². The molecule has 0 bridgehead atoms. The highest BCUT2D eigenvalue weighted by molar-refractivity contribution is 5.68. The molecule has 2 N–H and O–H groups in total. The van der Waals surface area contributed by atoms with Gasteiger partial charge >= 0.3 is 0 Å². The number of aliphatic hydroxyl groups excluding tert-OH is 1. The third-order valence-corrected chi connectivity index (χ3v) is 2.97. The maximum atomic E-state index is 9.58. The Kier molecular flexibility index (Phi) is 3.34. The van der Waals surface area contributed by atoms with E-state index in [-0.39, 0.29) is 5.75 Å². The van der Waals surface area contributed by atoms with E-state index in [9.17, 15) is 10.2 Å². The second-order valence-corrected chi connectivity index (χ2v) is 4.58. The zero-order valence-electron chi connectivity index (χ0n) is 10.8. The molecule has 0 saturated heterocycles. The van der Waals surface area contributed by atoms with Crippen LogP contribution in [0.5, 0.6) is 5.75 Å². The molecule has 0 amide bonds. The summed E-state index contributed by atoms with van der Waals surface area (Å²) in [5.41, 5.74) is 4.43. The molecule has 1 aromatic carbocycles. The minimum absolute atomic E-state index is 0.264. The van der Waals surface area contributed by atoms with Gasteiger partial charge < -0.3 is 10.2 Å². The number of aromatic nitrogens is 1. The van der Waals surface area contributed by atoms with Crippen LogP contribution in [0.3, 0.4) is 0 Å². The molecule has 0 aliphatic rings. The first kappa shape index (κ1) is 12.6. The fraction of sp³-hybridized carbons (Fsp3) is 0.267. The highest BCUT2D eigenvalue weighted by Gasteiger charge is 2.10. The molecule has 3 heteroatoms. The van der Waals surface area contributed by atoms with Crippen LogP contribution in [0.2, 0.25) is 0 Å². The van der Waals surface area contributed by atoms with Crippen molar-refractivity contribution in [3.8, 4) is 17.0 Å². The predicted molar refractivity (Wildman–Crippen MR) is 71.4 cm³/mol. The first-order chi connectivity index (χ1) is 8.49. The van der Waals surface area contributed by atoms with Gasteiger partial charge in [0.15, 0.2) is 0 Å². The Hall–Kier alpha value is -1.87. The molecule has 1 heterocycles. The van der Waals surface area contributed by atoms with Gasteiger partial charge in [-0.15, -0.1) is 0 Å². The van der Waals surface area contributed by atoms with Crippen molar-refractivity contribution < 1.29 is 10.2 Å². The van der Waals surface area contributed by atoms with E-state index in [1.165, 1.54) is 0 Å². The quantitative estimate of drug-likeness (QED) is 0.852. The van der Waals surface area contributed by atoms with Crippen molar-refractivity contribution in [3.63, 3.8) is 0 Å². The third-order valence-electron chi connectivity index (χ3n) is 2.97. The SMILES string of the molecule is Cc1cc(O)cc(C)c1-c1cccc(C(C)O)n1. The van der Waals surface area contributed by atoms with Gasteiger partial charge in [-0.2, -0.15) is 0 Å². The van der Waals surface area contributed by atoms with Gasteiger partial charge in [0.1, 0.15) is 5.75 Å². The highest BCUT2D eigenvalue weighted by Crippen LogP contribution is 2.29. The fourth-order valence-electron chi connectivity index (χ4n) is 2.17. The summed E-state index contributed by atoms with van der Waals surface area (Å²) in [5.74, 6) is 0.264. The lowest BCUT2D eigenvalue weighted by molar-refractivity contribution is 0.194. The topological polar surface area (TPSA) is 53.4 Å². The van der Waals surface area contributed by atoms with Gasteiger partial charge in [-0.3, -0.25) is 4.98 Å². The van der Waals surface area contributed by atoms with Crippen LogP contribution in [-0.2, 0) is 0 Å². The molecule has 0 saturated carbocycles. The summed E-state index contributed by atoms with van der Waals surface area (Å²) in [7, 11) is 0. The van der Waals surface area contributed by atoms with Crippen molar-refractivity contribution in [2.45, 2.75) is 26.9 Å². The number of hydrogen-bond donors (Lipinski definition) is 2. The fourth-order valence-corrected chi connectivity index (χ4v) is 2.17. The number of hydrogen-bond acceptors (Lipinski definition) is 3. The Morgan fingerprint density at radius 2 is 1.72 bits per heavy atom. The average molecular weight is 243 g/mol. The minimum atomic E-state index is -0.581. The molecular formula is C15H17NO2. The molecule has 2 rings (SSSR count). The van der Waals surface area contributed by atoms with E-state index in [4.69, 9.17) is 0 Å². The molecular weight excluding hydrogens is 226 g/mol. The van der Waals surface area contributed by atoms with Gasteiger partial charge in [-0.1, -0.05) is 6.07 Å². The maximum absolute atomic E-state index is 9.58. The number of aliphatic hydroxyl groups is 1. The highest BCUT2D eigenvalue weighted by atomic mass is 16.3. The first-order valence-electron chi connectivity index (χ1n) is 5.94. The van der Waals surface area contributed by atoms with Crippen molar-refractivity contribution in [2.75, 3.05) is 0 Å². The van der Waals surface area contributed by atoms with Crippen LogP contribution in [0.25, 0.3) is 11.3 Å². The Morgan fingerprint density at radius 3 is 2.28 bits per heavy atom. The standard InChI is InChI=1S/C15H17NO2/c1-9-7-12(18)8-10(2)15(9)14-6-4-5-13(16-14)11(3)17/h4-8,11,17-18H,1-3H3. The van der Waals surface area contributed by atoms with Crippen molar-refractivity contribution in [1.82, 2.24) is 4.98 Å². The van der Waals surface area contributed by atoms with Crippen LogP contribution in [-0.4, -0.2) is 15.2 Å². The minimum Gasteiger partial charge on any atom is -0.508 e. The number of aryl methyl sites for hydroxylation is 2. The second-order valence-electron chi connectivity index (χ2n) is 4.58. The van der Waals surface area contributed by atoms with Gasteiger partial charge in [0.05, 0.1) is 17.5 Å². The summed E-state index contributed by atoms with van der Waals surface area (Å²) in [6.07, 6.45) is -0.581. The van der Waals surface area contributed by atoms with Gasteiger partial charge in [0, 0.05) is 5.56 Å². The zero-order valence-corrected chi connectivity index (χ0v) is 10.8. The summed E-state index contributed by atoms with van der Waals surface area (Å²) in [5, 5.41) is 19.1. The first-order valence-corrected chi connectivity index (χ1v) is 5.94. The molecule has 0 fully saturated rings. The summed E-state index contributed by atoms with van der Waals surface area (Å²) < 4.78 is 0. The van der Waals surface area contributed by atoms with Crippen LogP contribution in [0.4, 0.5) is 0 Å². The molecule has 1 aromatic heterocycles. The number of aromatic hydroxyl groups is 1. The number of nitrogens with zero attached hydrogens (tertiary/aromatic N) is 1. The second kappa shape index (κ2) is 4.78. The van der Waals surface area contributed by atoms with Crippen molar-refractivity contribution in [1.29, 1.82) is 0 Å². The van der Waals surface area contributed by atoms with Crippen LogP contribution < -0.4 is 0 Å². The number of pyridine rings is 1. The summed E-state index contributed by atoms with van der Waals surface area (Å²) in [6.45, 7) is 5.58. The van der Waals surface area contributed by atoms with Crippen molar-refractivity contribution >= 4 is 0 Å². The average Bonchev–Trinajstić information content (AvgIpc) is 2.28. The van der Waals surface area contributed by atoms with Crippen LogP contribution in [0.1, 0.15) is 29.8 Å². The molecule has 0 spiro atoms. The van der Waals surface area contributed by atoms with Gasteiger partial charge in [0.2, 0.25) is 0 Å². The third kappa shape index (κ3) is 2.36. The summed E-state index contributed by atoms with van der Waals surface area (Å²) in [6, 6.07) is 9.05. The predicted octanol–water partition coefficient (Wildman–Crippen LogP) is 3.12. The number of rotatable bonds is 2. The Bertz CT molecular complexity index is 553. The van der Waals surface area contributed by atoms with Crippen LogP contribution in [0.15, 0.2) is 30.3 Å². The molecule has 0 aliphatic heterocycles. The van der Waals surface area contributed by atoms with E-state index >= 15 is 0 Å². The lowest BCUT2D eigenvalue weighted by Gasteiger charge is -2.12. The van der Waals surface area contributed by atoms with E-state index in [0.29, 0.717) is 5.69 Å². The molecule has 18 heavy (non-hydrogen) atoms. The van der Waals surface area contributed by atoms with Crippen LogP contribution >= 0.6 is 0 Å². The molecule has 0 aliphatic carbocycles. The Labute approximate surface area is 107 Å². The summed E-state index contributed by atoms with van der Waals surface area (Å²) in [4.78, 5) is 4.46. The lowest BCUT2D eigenvalue weighted by atomic mass is 9.98. The largest absolute Gasteiger partial charge is 0.508 e. The molecule has 3 nitrogen and oxygen atoms in total. The van der Waals surface area contributed by atoms with Gasteiger partial charge in [0.25, 0.3) is 0 Å². The van der Waals surface area contributed by atoms with Crippen LogP contribution in [0, 0.1) is 13.8 Å². The van der Waals surface area contributed by atoms with Crippen molar-refractivity contribution in [2.24, 2.45) is 0 Å². The number of phenols is 1. The number of phenolic OH excluding ortho intramolecular Hbond substituents is 1. The lowest BCUT2D eigenvalue weighted by Crippen LogP contribution is -1.98. The monoisotopic (exact) mass is 243 g/mol. The Balaban J connectivity index is 2.59. The van der Waals surface area contributed by atoms with Gasteiger partial charge in [-0.05, 0) is 56.2 Å². The maximum Gasteiger partial charge on any atom is 0.116 e. The number of benzene rings is 1. The van der Waals surface area contributed by atoms with E-state index < -0.39 is 6.10 Å². The molecule has 94 valence electrons. The smallest absolute Gasteiger partial charge is 0.116 e. The normalized spacial score (nSPS) is 12.4. The summed E-state index contributed by atoms with van der Waals surface area (Å²) >= 11 is 0. The zero-order chi connectivity index (χ0) is 13.3. The van der Waals surface area contributed by atoms with E-state index in [2.05, 4.69) is 4.98 Å². The van der Waals surface area contributed by atoms with E-state index in [1.807, 2.05) is 26.0 Å². The molecule has 1 unspecified atom stereocenters. The van der Waals surface area contributed by atoms with Gasteiger partial charge in [-0.25, -0.2) is 0 Å². The van der Waals surface area contributed by atoms with E-state index in [1.54, 1.807) is 25.1 Å². The molecule has 1 atom stereocenters. The molecule has 2 aromatic rings.